The van der Waals surface area contributed by atoms with Crippen LogP contribution in [0.2, 0.25) is 0 Å². The molecule has 1 aromatic heterocycles. The Morgan fingerprint density at radius 3 is 2.56 bits per heavy atom. The zero-order chi connectivity index (χ0) is 26.0. The van der Waals surface area contributed by atoms with Crippen molar-refractivity contribution >= 4 is 35.2 Å². The van der Waals surface area contributed by atoms with Gasteiger partial charge >= 0.3 is 0 Å². The number of aryl methyl sites for hydroxylation is 1. The smallest absolute Gasteiger partial charge is 0.259 e. The molecule has 190 valence electrons. The van der Waals surface area contributed by atoms with Gasteiger partial charge in [-0.15, -0.1) is 0 Å². The maximum absolute atomic E-state index is 15.2. The Hall–Kier alpha value is -3.57. The summed E-state index contributed by atoms with van der Waals surface area (Å²) >= 11 is 1.07. The van der Waals surface area contributed by atoms with E-state index in [-0.39, 0.29) is 45.9 Å². The number of carbonyl (C=O) groups is 1. The minimum absolute atomic E-state index is 0.00492. The maximum atomic E-state index is 15.2. The molecule has 4 N–H and O–H groups in total. The number of aromatic nitrogens is 1. The number of rotatable bonds is 9. The Morgan fingerprint density at radius 1 is 1.14 bits per heavy atom. The molecule has 0 atom stereocenters. The standard InChI is InChI=1S/C25H27F2N5O3S/c1-13-8-11-17(16(26)12-13)30-23-20(24(33)29-15-9-10-15)22(14(2)25(34)32(23)4)35-19-7-5-6-18(21(19)27)31-36-28-3/h5-8,11-12,15,28,30-31H,9-10H2,1-4H3,(H,29,33). The zero-order valence-corrected chi connectivity index (χ0v) is 21.1. The highest BCUT2D eigenvalue weighted by Gasteiger charge is 2.31. The van der Waals surface area contributed by atoms with E-state index in [1.165, 1.54) is 42.8 Å². The molecule has 0 saturated heterocycles. The van der Waals surface area contributed by atoms with Gasteiger partial charge in [0.1, 0.15) is 17.2 Å². The van der Waals surface area contributed by atoms with Crippen molar-refractivity contribution in [3.63, 3.8) is 0 Å². The highest BCUT2D eigenvalue weighted by Crippen LogP contribution is 2.37. The van der Waals surface area contributed by atoms with E-state index in [0.717, 1.165) is 25.0 Å². The van der Waals surface area contributed by atoms with Gasteiger partial charge in [0.25, 0.3) is 11.5 Å². The molecule has 0 spiro atoms. The molecule has 2 aromatic carbocycles. The second-order valence-corrected chi connectivity index (χ2v) is 9.34. The number of pyridine rings is 1. The average molecular weight is 516 g/mol. The minimum atomic E-state index is -0.701. The van der Waals surface area contributed by atoms with Crippen molar-refractivity contribution in [1.82, 2.24) is 14.6 Å². The van der Waals surface area contributed by atoms with Crippen LogP contribution in [0.1, 0.15) is 34.3 Å². The first-order valence-corrected chi connectivity index (χ1v) is 12.2. The predicted octanol–water partition coefficient (Wildman–Crippen LogP) is 4.90. The summed E-state index contributed by atoms with van der Waals surface area (Å²) in [6.45, 7) is 3.25. The molecular weight excluding hydrogens is 488 g/mol. The van der Waals surface area contributed by atoms with Gasteiger partial charge in [0.2, 0.25) is 0 Å². The van der Waals surface area contributed by atoms with Crippen molar-refractivity contribution < 1.29 is 18.3 Å². The van der Waals surface area contributed by atoms with Crippen LogP contribution in [0.15, 0.2) is 41.2 Å². The fourth-order valence-corrected chi connectivity index (χ4v) is 3.99. The third kappa shape index (κ3) is 5.31. The first-order chi connectivity index (χ1) is 17.2. The molecule has 0 aliphatic heterocycles. The third-order valence-corrected chi connectivity index (χ3v) is 6.25. The average Bonchev–Trinajstić information content (AvgIpc) is 3.66. The van der Waals surface area contributed by atoms with Gasteiger partial charge in [-0.1, -0.05) is 12.1 Å². The third-order valence-electron chi connectivity index (χ3n) is 5.72. The van der Waals surface area contributed by atoms with Crippen molar-refractivity contribution in [2.75, 3.05) is 17.1 Å². The molecule has 1 aliphatic rings. The lowest BCUT2D eigenvalue weighted by Gasteiger charge is -2.21. The van der Waals surface area contributed by atoms with Crippen molar-refractivity contribution in [2.24, 2.45) is 7.05 Å². The molecule has 8 nitrogen and oxygen atoms in total. The summed E-state index contributed by atoms with van der Waals surface area (Å²) in [7, 11) is 3.15. The summed E-state index contributed by atoms with van der Waals surface area (Å²) in [4.78, 5) is 26.5. The predicted molar refractivity (Wildman–Crippen MR) is 138 cm³/mol. The minimum Gasteiger partial charge on any atom is -0.453 e. The highest BCUT2D eigenvalue weighted by atomic mass is 32.2. The van der Waals surface area contributed by atoms with Gasteiger partial charge in [0.05, 0.1) is 16.9 Å². The topological polar surface area (TPSA) is 96.4 Å². The summed E-state index contributed by atoms with van der Waals surface area (Å²) in [5.74, 6) is -2.02. The van der Waals surface area contributed by atoms with Crippen molar-refractivity contribution in [2.45, 2.75) is 32.7 Å². The fraction of sp³-hybridized carbons (Fsp3) is 0.280. The second kappa shape index (κ2) is 10.6. The molecular formula is C25H27F2N5O3S. The molecule has 11 heteroatoms. The van der Waals surface area contributed by atoms with E-state index in [0.29, 0.717) is 5.56 Å². The van der Waals surface area contributed by atoms with Crippen LogP contribution in [0.25, 0.3) is 0 Å². The van der Waals surface area contributed by atoms with E-state index < -0.39 is 23.1 Å². The number of amides is 1. The molecule has 36 heavy (non-hydrogen) atoms. The molecule has 1 heterocycles. The number of nitrogens with zero attached hydrogens (tertiary/aromatic N) is 1. The van der Waals surface area contributed by atoms with Crippen molar-refractivity contribution in [3.8, 4) is 11.5 Å². The van der Waals surface area contributed by atoms with Gasteiger partial charge in [0, 0.05) is 25.2 Å². The quantitative estimate of drug-likeness (QED) is 0.301. The van der Waals surface area contributed by atoms with E-state index >= 15 is 4.39 Å². The first-order valence-electron chi connectivity index (χ1n) is 11.3. The summed E-state index contributed by atoms with van der Waals surface area (Å²) in [6, 6.07) is 9.07. The van der Waals surface area contributed by atoms with E-state index in [4.69, 9.17) is 4.74 Å². The summed E-state index contributed by atoms with van der Waals surface area (Å²) in [6.07, 6.45) is 1.65. The summed E-state index contributed by atoms with van der Waals surface area (Å²) in [5.41, 5.74) is 0.541. The number of halogens is 2. The summed E-state index contributed by atoms with van der Waals surface area (Å²) in [5, 5.41) is 5.78. The molecule has 1 fully saturated rings. The van der Waals surface area contributed by atoms with Gasteiger partial charge < -0.3 is 20.1 Å². The molecule has 4 rings (SSSR count). The lowest BCUT2D eigenvalue weighted by Crippen LogP contribution is -2.31. The van der Waals surface area contributed by atoms with Crippen LogP contribution >= 0.6 is 12.1 Å². The Kier molecular flexibility index (Phi) is 7.51. The van der Waals surface area contributed by atoms with Crippen LogP contribution in [0.3, 0.4) is 0 Å². The number of nitrogens with one attached hydrogen (secondary N) is 4. The monoisotopic (exact) mass is 515 g/mol. The van der Waals surface area contributed by atoms with E-state index in [1.807, 2.05) is 0 Å². The Balaban J connectivity index is 1.86. The number of hydrogen-bond acceptors (Lipinski definition) is 7. The number of hydrogen-bond donors (Lipinski definition) is 4. The fourth-order valence-electron chi connectivity index (χ4n) is 3.62. The maximum Gasteiger partial charge on any atom is 0.259 e. The molecule has 1 aliphatic carbocycles. The van der Waals surface area contributed by atoms with Gasteiger partial charge in [-0.05, 0) is 63.6 Å². The van der Waals surface area contributed by atoms with Gasteiger partial charge in [-0.2, -0.15) is 0 Å². The molecule has 0 unspecified atom stereocenters. The Labute approximate surface area is 211 Å². The summed E-state index contributed by atoms with van der Waals surface area (Å²) < 4.78 is 42.6. The van der Waals surface area contributed by atoms with Crippen LogP contribution in [0.5, 0.6) is 11.5 Å². The number of benzene rings is 2. The van der Waals surface area contributed by atoms with Crippen LogP contribution in [0, 0.1) is 25.5 Å². The van der Waals surface area contributed by atoms with E-state index in [9.17, 15) is 14.0 Å². The molecule has 1 saturated carbocycles. The Morgan fingerprint density at radius 2 is 1.89 bits per heavy atom. The second-order valence-electron chi connectivity index (χ2n) is 8.53. The van der Waals surface area contributed by atoms with Crippen molar-refractivity contribution in [3.05, 3.63) is 75.1 Å². The number of ether oxygens (including phenoxy) is 1. The van der Waals surface area contributed by atoms with E-state index in [2.05, 4.69) is 20.1 Å². The molecule has 0 bridgehead atoms. The lowest BCUT2D eigenvalue weighted by atomic mass is 10.1. The molecule has 0 radical (unpaired) electrons. The zero-order valence-electron chi connectivity index (χ0n) is 20.3. The van der Waals surface area contributed by atoms with Crippen LogP contribution in [0.4, 0.5) is 26.0 Å². The van der Waals surface area contributed by atoms with Crippen LogP contribution in [-0.4, -0.2) is 23.6 Å². The first kappa shape index (κ1) is 25.5. The van der Waals surface area contributed by atoms with Crippen molar-refractivity contribution in [1.29, 1.82) is 0 Å². The lowest BCUT2D eigenvalue weighted by molar-refractivity contribution is 0.0948. The normalized spacial score (nSPS) is 12.8. The highest BCUT2D eigenvalue weighted by molar-refractivity contribution is 7.98. The largest absolute Gasteiger partial charge is 0.453 e. The van der Waals surface area contributed by atoms with Gasteiger partial charge in [-0.3, -0.25) is 14.2 Å². The number of anilines is 3. The Bertz CT molecular complexity index is 1370. The van der Waals surface area contributed by atoms with Crippen LogP contribution in [-0.2, 0) is 7.05 Å². The van der Waals surface area contributed by atoms with E-state index in [1.54, 1.807) is 26.1 Å². The molecule has 3 aromatic rings. The number of carbonyl (C=O) groups excluding carboxylic acids is 1. The van der Waals surface area contributed by atoms with Crippen LogP contribution < -0.4 is 30.4 Å². The van der Waals surface area contributed by atoms with Gasteiger partial charge in [-0.25, -0.2) is 13.5 Å². The SMILES string of the molecule is CNSNc1cccc(Oc2c(C(=O)NC3CC3)c(Nc3ccc(C)cc3F)n(C)c(=O)c2C)c1F. The van der Waals surface area contributed by atoms with Gasteiger partial charge in [0.15, 0.2) is 17.3 Å². The molecule has 1 amide bonds.